The molecule has 1 aromatic carbocycles. The molecule has 1 aromatic rings. The molecule has 0 spiro atoms. The van der Waals surface area contributed by atoms with Gasteiger partial charge in [-0.15, -0.1) is 0 Å². The first kappa shape index (κ1) is 11.8. The molecule has 7 heteroatoms. The maximum absolute atomic E-state index is 10.2. The van der Waals surface area contributed by atoms with Crippen LogP contribution in [0.4, 0.5) is 11.4 Å². The number of nitrogens with zero attached hydrogens (tertiary/aromatic N) is 1. The van der Waals surface area contributed by atoms with Crippen LogP contribution in [0.5, 0.6) is 0 Å². The summed E-state index contributed by atoms with van der Waals surface area (Å²) >= 11 is 0. The van der Waals surface area contributed by atoms with E-state index in [2.05, 4.69) is 10.3 Å². The second kappa shape index (κ2) is 5.49. The van der Waals surface area contributed by atoms with E-state index in [1.165, 1.54) is 24.3 Å². The van der Waals surface area contributed by atoms with E-state index in [9.17, 15) is 14.9 Å². The lowest BCUT2D eigenvalue weighted by Gasteiger charge is -2.00. The van der Waals surface area contributed by atoms with Crippen LogP contribution in [0.1, 0.15) is 0 Å². The van der Waals surface area contributed by atoms with Gasteiger partial charge < -0.3 is 11.0 Å². The second-order valence-electron chi connectivity index (χ2n) is 2.12. The lowest BCUT2D eigenvalue weighted by molar-refractivity contribution is -0.384. The Balaban J connectivity index is 0.00000169. The van der Waals surface area contributed by atoms with Crippen molar-refractivity contribution in [3.8, 4) is 0 Å². The summed E-state index contributed by atoms with van der Waals surface area (Å²) in [7, 11) is 0. The number of nitro groups is 1. The van der Waals surface area contributed by atoms with Gasteiger partial charge >= 0.3 is 6.47 Å². The van der Waals surface area contributed by atoms with E-state index in [-0.39, 0.29) is 18.3 Å². The number of carbonyl (C=O) groups is 1. The minimum absolute atomic E-state index is 0. The van der Waals surface area contributed by atoms with Crippen molar-refractivity contribution in [2.45, 2.75) is 0 Å². The fourth-order valence-electron chi connectivity index (χ4n) is 0.743. The van der Waals surface area contributed by atoms with Crippen LogP contribution in [0, 0.1) is 10.1 Å². The molecule has 0 amide bonds. The molecule has 0 aromatic heterocycles. The zero-order valence-electron chi connectivity index (χ0n) is 7.17. The van der Waals surface area contributed by atoms with E-state index in [1.54, 1.807) is 0 Å². The quantitative estimate of drug-likeness (QED) is 0.428. The molecule has 7 nitrogen and oxygen atoms in total. The maximum atomic E-state index is 10.2. The molecule has 76 valence electrons. The number of hydrogen-bond acceptors (Lipinski definition) is 6. The number of nitrogens with one attached hydrogen (secondary N) is 1. The number of rotatable bonds is 4. The topological polar surface area (TPSA) is 116 Å². The van der Waals surface area contributed by atoms with Gasteiger partial charge in [0.05, 0.1) is 10.6 Å². The molecular weight excluding hydrogens is 190 g/mol. The first-order chi connectivity index (χ1) is 6.24. The molecule has 4 N–H and O–H groups in total. The van der Waals surface area contributed by atoms with E-state index < -0.39 is 4.92 Å². The molecular formula is C7H9N3O4. The lowest BCUT2D eigenvalue weighted by Crippen LogP contribution is -1.98. The molecule has 0 fully saturated rings. The lowest BCUT2D eigenvalue weighted by atomic mass is 10.3. The smallest absolute Gasteiger partial charge is 0.320 e. The summed E-state index contributed by atoms with van der Waals surface area (Å²) in [5.41, 5.74) is 2.72. The first-order valence-corrected chi connectivity index (χ1v) is 3.34. The zero-order chi connectivity index (χ0) is 9.68. The van der Waals surface area contributed by atoms with Gasteiger partial charge in [-0.3, -0.25) is 14.9 Å². The molecule has 0 atom stereocenters. The van der Waals surface area contributed by atoms with Gasteiger partial charge in [0.25, 0.3) is 5.69 Å². The predicted molar refractivity (Wildman–Crippen MR) is 48.9 cm³/mol. The van der Waals surface area contributed by atoms with Crippen LogP contribution in [-0.2, 0) is 9.63 Å². The van der Waals surface area contributed by atoms with Gasteiger partial charge in [0.2, 0.25) is 0 Å². The van der Waals surface area contributed by atoms with Crippen LogP contribution in [0.2, 0.25) is 0 Å². The van der Waals surface area contributed by atoms with Gasteiger partial charge in [0.15, 0.2) is 0 Å². The molecule has 14 heavy (non-hydrogen) atoms. The highest BCUT2D eigenvalue weighted by Crippen LogP contribution is 2.14. The largest absolute Gasteiger partial charge is 0.347 e. The Morgan fingerprint density at radius 3 is 2.36 bits per heavy atom. The van der Waals surface area contributed by atoms with Crippen molar-refractivity contribution in [2.75, 3.05) is 5.48 Å². The van der Waals surface area contributed by atoms with Gasteiger partial charge in [-0.1, -0.05) is 0 Å². The minimum atomic E-state index is -0.510. The molecule has 0 heterocycles. The summed E-state index contributed by atoms with van der Waals surface area (Å²) in [5.74, 6) is 0. The molecule has 0 aliphatic carbocycles. The van der Waals surface area contributed by atoms with Crippen LogP contribution in [0.15, 0.2) is 24.3 Å². The van der Waals surface area contributed by atoms with E-state index >= 15 is 0 Å². The number of anilines is 1. The van der Waals surface area contributed by atoms with Crippen LogP contribution in [0.25, 0.3) is 0 Å². The van der Waals surface area contributed by atoms with Gasteiger partial charge in [0, 0.05) is 12.1 Å². The Kier molecular flexibility index (Phi) is 4.65. The van der Waals surface area contributed by atoms with E-state index in [1.807, 2.05) is 0 Å². The SMILES string of the molecule is N.O=CONc1ccc([N+](=O)[O-])cc1. The number of carbonyl (C=O) groups excluding carboxylic acids is 1. The maximum Gasteiger partial charge on any atom is 0.320 e. The van der Waals surface area contributed by atoms with E-state index in [0.717, 1.165) is 0 Å². The number of non-ortho nitro benzene ring substituents is 1. The zero-order valence-corrected chi connectivity index (χ0v) is 7.17. The highest BCUT2D eigenvalue weighted by Gasteiger charge is 2.02. The Hall–Kier alpha value is -2.15. The fourth-order valence-corrected chi connectivity index (χ4v) is 0.743. The average molecular weight is 199 g/mol. The first-order valence-electron chi connectivity index (χ1n) is 3.34. The van der Waals surface area contributed by atoms with Gasteiger partial charge in [-0.05, 0) is 12.1 Å². The standard InChI is InChI=1S/C7H6N2O4.H3N/c10-5-13-8-6-1-3-7(4-2-6)9(11)12;/h1-5,8H;1H3. The van der Waals surface area contributed by atoms with Crippen LogP contribution >= 0.6 is 0 Å². The Labute approximate surface area is 79.4 Å². The van der Waals surface area contributed by atoms with Crippen molar-refractivity contribution in [1.82, 2.24) is 6.15 Å². The highest BCUT2D eigenvalue weighted by molar-refractivity contribution is 5.49. The van der Waals surface area contributed by atoms with Gasteiger partial charge in [-0.25, -0.2) is 5.48 Å². The van der Waals surface area contributed by atoms with Gasteiger partial charge in [-0.2, -0.15) is 0 Å². The predicted octanol–water partition coefficient (Wildman–Crippen LogP) is 1.26. The van der Waals surface area contributed by atoms with Crippen molar-refractivity contribution < 1.29 is 14.6 Å². The van der Waals surface area contributed by atoms with Crippen molar-refractivity contribution >= 4 is 17.8 Å². The van der Waals surface area contributed by atoms with Crippen LogP contribution < -0.4 is 11.6 Å². The molecule has 0 bridgehead atoms. The van der Waals surface area contributed by atoms with Crippen molar-refractivity contribution in [1.29, 1.82) is 0 Å². The fraction of sp³-hybridized carbons (Fsp3) is 0. The van der Waals surface area contributed by atoms with Crippen LogP contribution in [0.3, 0.4) is 0 Å². The number of hydrogen-bond donors (Lipinski definition) is 2. The molecule has 0 saturated carbocycles. The Bertz CT molecular complexity index is 311. The third-order valence-electron chi connectivity index (χ3n) is 1.30. The van der Waals surface area contributed by atoms with Crippen molar-refractivity contribution in [3.05, 3.63) is 34.4 Å². The van der Waals surface area contributed by atoms with Crippen LogP contribution in [-0.4, -0.2) is 11.4 Å². The second-order valence-corrected chi connectivity index (χ2v) is 2.12. The highest BCUT2D eigenvalue weighted by atomic mass is 16.7. The Morgan fingerprint density at radius 1 is 1.36 bits per heavy atom. The minimum Gasteiger partial charge on any atom is -0.347 e. The molecule has 0 saturated heterocycles. The summed E-state index contributed by atoms with van der Waals surface area (Å²) in [6, 6.07) is 5.47. The average Bonchev–Trinajstić information content (AvgIpc) is 2.15. The summed E-state index contributed by atoms with van der Waals surface area (Å²) in [5, 5.41) is 10.2. The van der Waals surface area contributed by atoms with E-state index in [4.69, 9.17) is 0 Å². The van der Waals surface area contributed by atoms with E-state index in [0.29, 0.717) is 5.69 Å². The summed E-state index contributed by atoms with van der Waals surface area (Å²) in [6.07, 6.45) is 0. The molecule has 0 aliphatic heterocycles. The number of nitro benzene ring substituents is 1. The molecule has 0 aliphatic rings. The normalized spacial score (nSPS) is 8.29. The summed E-state index contributed by atoms with van der Waals surface area (Å²) in [4.78, 5) is 23.7. The summed E-state index contributed by atoms with van der Waals surface area (Å²) < 4.78 is 0. The third-order valence-corrected chi connectivity index (χ3v) is 1.30. The molecule has 1 rings (SSSR count). The summed E-state index contributed by atoms with van der Waals surface area (Å²) in [6.45, 7) is 0.224. The number of benzene rings is 1. The third kappa shape index (κ3) is 3.07. The van der Waals surface area contributed by atoms with Crippen molar-refractivity contribution in [3.63, 3.8) is 0 Å². The Morgan fingerprint density at radius 2 is 1.93 bits per heavy atom. The van der Waals surface area contributed by atoms with Gasteiger partial charge in [0.1, 0.15) is 0 Å². The monoisotopic (exact) mass is 199 g/mol. The van der Waals surface area contributed by atoms with Crippen molar-refractivity contribution in [2.24, 2.45) is 0 Å². The molecule has 0 unspecified atom stereocenters. The molecule has 0 radical (unpaired) electrons.